The Labute approximate surface area is 176 Å². The van der Waals surface area contributed by atoms with Gasteiger partial charge in [-0.3, -0.25) is 9.69 Å². The SMILES string of the molecule is CO/C(=N\c1cccc(Cl)c1CN(C)CC(=O)N1CCOCC1)c1ccccc1. The van der Waals surface area contributed by atoms with Gasteiger partial charge in [0.25, 0.3) is 0 Å². The van der Waals surface area contributed by atoms with Gasteiger partial charge in [0.05, 0.1) is 32.6 Å². The number of hydrogen-bond donors (Lipinski definition) is 0. The van der Waals surface area contributed by atoms with E-state index in [-0.39, 0.29) is 5.91 Å². The van der Waals surface area contributed by atoms with Crippen molar-refractivity contribution in [1.29, 1.82) is 0 Å². The van der Waals surface area contributed by atoms with Crippen LogP contribution in [0.5, 0.6) is 0 Å². The van der Waals surface area contributed by atoms with Crippen LogP contribution >= 0.6 is 11.6 Å². The molecule has 29 heavy (non-hydrogen) atoms. The molecule has 0 bridgehead atoms. The monoisotopic (exact) mass is 415 g/mol. The van der Waals surface area contributed by atoms with E-state index in [4.69, 9.17) is 26.1 Å². The lowest BCUT2D eigenvalue weighted by molar-refractivity contribution is -0.136. The number of methoxy groups -OCH3 is 1. The molecule has 0 N–H and O–H groups in total. The van der Waals surface area contributed by atoms with Crippen LogP contribution in [0, 0.1) is 0 Å². The molecular weight excluding hydrogens is 390 g/mol. The molecule has 0 saturated carbocycles. The third kappa shape index (κ3) is 5.79. The second kappa shape index (κ2) is 10.4. The van der Waals surface area contributed by atoms with E-state index in [0.29, 0.717) is 50.3 Å². The van der Waals surface area contributed by atoms with Crippen molar-refractivity contribution in [1.82, 2.24) is 9.80 Å². The molecule has 0 spiro atoms. The first-order valence-corrected chi connectivity index (χ1v) is 9.96. The summed E-state index contributed by atoms with van der Waals surface area (Å²) in [5.74, 6) is 0.607. The third-order valence-corrected chi connectivity index (χ3v) is 5.08. The summed E-state index contributed by atoms with van der Waals surface area (Å²) in [4.78, 5) is 21.0. The lowest BCUT2D eigenvalue weighted by Crippen LogP contribution is -2.44. The molecule has 1 fully saturated rings. The van der Waals surface area contributed by atoms with Gasteiger partial charge in [-0.15, -0.1) is 0 Å². The fraction of sp³-hybridized carbons (Fsp3) is 0.364. The Morgan fingerprint density at radius 3 is 2.59 bits per heavy atom. The fourth-order valence-electron chi connectivity index (χ4n) is 3.20. The van der Waals surface area contributed by atoms with Crippen LogP contribution in [0.25, 0.3) is 0 Å². The number of halogens is 1. The number of likely N-dealkylation sites (N-methyl/N-ethyl adjacent to an activating group) is 1. The molecule has 1 amide bonds. The van der Waals surface area contributed by atoms with Gasteiger partial charge in [-0.2, -0.15) is 0 Å². The first-order valence-electron chi connectivity index (χ1n) is 9.58. The number of ether oxygens (including phenoxy) is 2. The zero-order chi connectivity index (χ0) is 20.6. The Morgan fingerprint density at radius 1 is 1.17 bits per heavy atom. The van der Waals surface area contributed by atoms with Crippen LogP contribution in [-0.4, -0.2) is 68.6 Å². The zero-order valence-corrected chi connectivity index (χ0v) is 17.6. The van der Waals surface area contributed by atoms with Crippen LogP contribution in [0.3, 0.4) is 0 Å². The molecule has 2 aromatic rings. The average molecular weight is 416 g/mol. The summed E-state index contributed by atoms with van der Waals surface area (Å²) < 4.78 is 10.8. The van der Waals surface area contributed by atoms with E-state index in [1.54, 1.807) is 7.11 Å². The summed E-state index contributed by atoms with van der Waals surface area (Å²) in [7, 11) is 3.51. The van der Waals surface area contributed by atoms with Crippen molar-refractivity contribution in [2.75, 3.05) is 47.0 Å². The Bertz CT molecular complexity index is 852. The summed E-state index contributed by atoms with van der Waals surface area (Å²) in [6.07, 6.45) is 0. The molecule has 0 aromatic heterocycles. The van der Waals surface area contributed by atoms with E-state index in [9.17, 15) is 4.79 Å². The second-order valence-corrected chi connectivity index (χ2v) is 7.30. The highest BCUT2D eigenvalue weighted by Gasteiger charge is 2.19. The zero-order valence-electron chi connectivity index (χ0n) is 16.8. The molecule has 0 atom stereocenters. The van der Waals surface area contributed by atoms with Crippen LogP contribution in [0.15, 0.2) is 53.5 Å². The quantitative estimate of drug-likeness (QED) is 0.536. The predicted octanol–water partition coefficient (Wildman–Crippen LogP) is 3.36. The van der Waals surface area contributed by atoms with E-state index in [2.05, 4.69) is 0 Å². The van der Waals surface area contributed by atoms with Gasteiger partial charge in [0.2, 0.25) is 11.8 Å². The summed E-state index contributed by atoms with van der Waals surface area (Å²) in [5, 5.41) is 0.612. The van der Waals surface area contributed by atoms with Crippen molar-refractivity contribution in [2.24, 2.45) is 4.99 Å². The standard InChI is InChI=1S/C22H26ClN3O3/c1-25(16-21(27)26-11-13-29-14-12-26)15-18-19(23)9-6-10-20(18)24-22(28-2)17-7-4-3-5-8-17/h3-10H,11-16H2,1-2H3/b24-22-. The van der Waals surface area contributed by atoms with Gasteiger partial charge in [0.15, 0.2) is 0 Å². The lowest BCUT2D eigenvalue weighted by atomic mass is 10.1. The number of rotatable bonds is 6. The number of aliphatic imine (C=N–C) groups is 1. The highest BCUT2D eigenvalue weighted by atomic mass is 35.5. The van der Waals surface area contributed by atoms with E-state index in [1.165, 1.54) is 0 Å². The van der Waals surface area contributed by atoms with E-state index in [0.717, 1.165) is 16.8 Å². The van der Waals surface area contributed by atoms with Crippen molar-refractivity contribution in [3.63, 3.8) is 0 Å². The third-order valence-electron chi connectivity index (χ3n) is 4.73. The summed E-state index contributed by atoms with van der Waals surface area (Å²) in [6.45, 7) is 3.28. The molecule has 7 heteroatoms. The fourth-order valence-corrected chi connectivity index (χ4v) is 3.43. The van der Waals surface area contributed by atoms with Gasteiger partial charge < -0.3 is 14.4 Å². The van der Waals surface area contributed by atoms with Gasteiger partial charge >= 0.3 is 0 Å². The van der Waals surface area contributed by atoms with Gasteiger partial charge in [-0.05, 0) is 31.3 Å². The minimum absolute atomic E-state index is 0.0924. The number of nitrogens with zero attached hydrogens (tertiary/aromatic N) is 3. The smallest absolute Gasteiger partial charge is 0.236 e. The van der Waals surface area contributed by atoms with Crippen molar-refractivity contribution in [2.45, 2.75) is 6.54 Å². The number of carbonyl (C=O) groups excluding carboxylic acids is 1. The van der Waals surface area contributed by atoms with Gasteiger partial charge in [-0.1, -0.05) is 35.9 Å². The number of amides is 1. The molecule has 1 saturated heterocycles. The maximum absolute atomic E-state index is 12.5. The van der Waals surface area contributed by atoms with Crippen LogP contribution in [0.1, 0.15) is 11.1 Å². The average Bonchev–Trinajstić information content (AvgIpc) is 2.75. The maximum Gasteiger partial charge on any atom is 0.236 e. The minimum atomic E-state index is 0.0924. The Morgan fingerprint density at radius 2 is 1.90 bits per heavy atom. The van der Waals surface area contributed by atoms with E-state index >= 15 is 0 Å². The van der Waals surface area contributed by atoms with Crippen molar-refractivity contribution >= 4 is 29.1 Å². The van der Waals surface area contributed by atoms with Crippen LogP contribution in [-0.2, 0) is 20.8 Å². The van der Waals surface area contributed by atoms with E-state index < -0.39 is 0 Å². The molecule has 1 aliphatic heterocycles. The second-order valence-electron chi connectivity index (χ2n) is 6.89. The molecule has 0 unspecified atom stereocenters. The van der Waals surface area contributed by atoms with Crippen LogP contribution in [0.4, 0.5) is 5.69 Å². The molecular formula is C22H26ClN3O3. The van der Waals surface area contributed by atoms with Gasteiger partial charge in [0, 0.05) is 35.8 Å². The Hall–Kier alpha value is -2.41. The highest BCUT2D eigenvalue weighted by Crippen LogP contribution is 2.29. The maximum atomic E-state index is 12.5. The summed E-state index contributed by atoms with van der Waals surface area (Å²) in [5.41, 5.74) is 2.47. The molecule has 0 aliphatic carbocycles. The molecule has 0 radical (unpaired) electrons. The molecule has 6 nitrogen and oxygen atoms in total. The normalized spacial score (nSPS) is 14.9. The number of carbonyl (C=O) groups is 1. The highest BCUT2D eigenvalue weighted by molar-refractivity contribution is 6.31. The minimum Gasteiger partial charge on any atom is -0.481 e. The summed E-state index contributed by atoms with van der Waals surface area (Å²) in [6, 6.07) is 15.3. The lowest BCUT2D eigenvalue weighted by Gasteiger charge is -2.29. The van der Waals surface area contributed by atoms with Crippen molar-refractivity contribution < 1.29 is 14.3 Å². The molecule has 154 valence electrons. The number of benzene rings is 2. The van der Waals surface area contributed by atoms with Gasteiger partial charge in [-0.25, -0.2) is 4.99 Å². The van der Waals surface area contributed by atoms with Crippen molar-refractivity contribution in [3.05, 3.63) is 64.7 Å². The molecule has 1 heterocycles. The Balaban J connectivity index is 1.77. The van der Waals surface area contributed by atoms with Gasteiger partial charge in [0.1, 0.15) is 0 Å². The molecule has 3 rings (SSSR count). The molecule has 2 aromatic carbocycles. The summed E-state index contributed by atoms with van der Waals surface area (Å²) >= 11 is 6.48. The van der Waals surface area contributed by atoms with Crippen LogP contribution in [0.2, 0.25) is 5.02 Å². The number of hydrogen-bond acceptors (Lipinski definition) is 5. The molecule has 1 aliphatic rings. The largest absolute Gasteiger partial charge is 0.481 e. The van der Waals surface area contributed by atoms with Crippen LogP contribution < -0.4 is 0 Å². The van der Waals surface area contributed by atoms with Crippen molar-refractivity contribution in [3.8, 4) is 0 Å². The predicted molar refractivity (Wildman–Crippen MR) is 115 cm³/mol. The van der Waals surface area contributed by atoms with E-state index in [1.807, 2.05) is 65.4 Å². The number of morpholine rings is 1. The first-order chi connectivity index (χ1) is 14.1. The first kappa shape index (κ1) is 21.3. The topological polar surface area (TPSA) is 54.4 Å². The Kier molecular flexibility index (Phi) is 7.63.